The van der Waals surface area contributed by atoms with Gasteiger partial charge in [-0.15, -0.1) is 0 Å². The highest BCUT2D eigenvalue weighted by Crippen LogP contribution is 2.29. The van der Waals surface area contributed by atoms with Crippen molar-refractivity contribution in [3.63, 3.8) is 0 Å². The third-order valence-electron chi connectivity index (χ3n) is 6.09. The molecular weight excluding hydrogens is 530 g/mol. The van der Waals surface area contributed by atoms with Crippen LogP contribution in [0.3, 0.4) is 0 Å². The van der Waals surface area contributed by atoms with Crippen LogP contribution in [0.25, 0.3) is 0 Å². The number of aromatic nitrogens is 2. The summed E-state index contributed by atoms with van der Waals surface area (Å²) in [5, 5.41) is 16.5. The first-order valence-corrected chi connectivity index (χ1v) is 14.0. The molecule has 1 aliphatic rings. The van der Waals surface area contributed by atoms with Crippen LogP contribution in [-0.2, 0) is 4.79 Å². The van der Waals surface area contributed by atoms with Gasteiger partial charge in [0.25, 0.3) is 0 Å². The van der Waals surface area contributed by atoms with Crippen molar-refractivity contribution in [2.75, 3.05) is 28.6 Å². The summed E-state index contributed by atoms with van der Waals surface area (Å²) < 4.78 is 0. The monoisotopic (exact) mass is 563 g/mol. The predicted molar refractivity (Wildman–Crippen MR) is 144 cm³/mol. The molecule has 1 saturated heterocycles. The van der Waals surface area contributed by atoms with Gasteiger partial charge in [-0.25, -0.2) is 14.8 Å². The van der Waals surface area contributed by atoms with E-state index in [4.69, 9.17) is 5.11 Å². The van der Waals surface area contributed by atoms with E-state index in [0.717, 1.165) is 52.7 Å². The molecule has 35 heavy (non-hydrogen) atoms. The maximum Gasteiger partial charge on any atom is 0.405 e. The van der Waals surface area contributed by atoms with Crippen molar-refractivity contribution in [2.24, 2.45) is 0 Å². The van der Waals surface area contributed by atoms with Gasteiger partial charge in [-0.3, -0.25) is 4.79 Å². The molecule has 1 aliphatic heterocycles. The Labute approximate surface area is 219 Å². The van der Waals surface area contributed by atoms with Gasteiger partial charge in [0.15, 0.2) is 0 Å². The van der Waals surface area contributed by atoms with Crippen molar-refractivity contribution < 1.29 is 14.7 Å². The molecule has 0 saturated carbocycles. The van der Waals surface area contributed by atoms with Crippen LogP contribution in [-0.4, -0.2) is 51.0 Å². The summed E-state index contributed by atoms with van der Waals surface area (Å²) in [6, 6.07) is 7.77. The smallest absolute Gasteiger partial charge is 0.405 e. The van der Waals surface area contributed by atoms with E-state index in [9.17, 15) is 9.59 Å². The van der Waals surface area contributed by atoms with Crippen molar-refractivity contribution >= 4 is 51.2 Å². The van der Waals surface area contributed by atoms with Gasteiger partial charge in [-0.2, -0.15) is 0 Å². The normalized spacial score (nSPS) is 15.0. The summed E-state index contributed by atoms with van der Waals surface area (Å²) in [6.45, 7) is 3.38. The molecule has 1 aromatic heterocycles. The van der Waals surface area contributed by atoms with Crippen LogP contribution >= 0.6 is 27.7 Å². The average Bonchev–Trinajstić information content (AvgIpc) is 2.82. The summed E-state index contributed by atoms with van der Waals surface area (Å²) in [5.74, 6) is 0.841. The minimum absolute atomic E-state index is 0.0490. The summed E-state index contributed by atoms with van der Waals surface area (Å²) in [5.41, 5.74) is 0.384. The first-order valence-electron chi connectivity index (χ1n) is 12.1. The number of carboxylic acid groups (broad SMARTS) is 1. The van der Waals surface area contributed by atoms with Gasteiger partial charge in [0.1, 0.15) is 10.8 Å². The molecule has 8 nitrogen and oxygen atoms in total. The number of nitrogens with zero attached hydrogens (tertiary/aromatic N) is 3. The minimum Gasteiger partial charge on any atom is -0.465 e. The van der Waals surface area contributed by atoms with Crippen LogP contribution in [0.15, 0.2) is 46.6 Å². The fraction of sp³-hybridized carbons (Fsp3) is 0.520. The maximum atomic E-state index is 12.3. The number of nitrogens with one attached hydrogen (secondary N) is 2. The van der Waals surface area contributed by atoms with E-state index < -0.39 is 11.6 Å². The first kappa shape index (κ1) is 27.3. The lowest BCUT2D eigenvalue weighted by Crippen LogP contribution is -2.53. The number of piperidine rings is 1. The van der Waals surface area contributed by atoms with Crippen LogP contribution < -0.4 is 15.5 Å². The molecule has 2 amide bonds. The number of halogens is 1. The van der Waals surface area contributed by atoms with E-state index in [1.807, 2.05) is 31.2 Å². The Hall–Kier alpha value is -2.33. The number of rotatable bonds is 12. The molecule has 0 bridgehead atoms. The number of alkyl halides is 1. The molecule has 3 rings (SSSR count). The number of hydrogen-bond donors (Lipinski definition) is 3. The van der Waals surface area contributed by atoms with Crippen LogP contribution in [0.2, 0.25) is 0 Å². The van der Waals surface area contributed by atoms with Crippen molar-refractivity contribution in [2.45, 2.75) is 73.8 Å². The Balaban J connectivity index is 1.46. The van der Waals surface area contributed by atoms with E-state index in [0.29, 0.717) is 19.3 Å². The van der Waals surface area contributed by atoms with Gasteiger partial charge < -0.3 is 20.6 Å². The lowest BCUT2D eigenvalue weighted by atomic mass is 9.90. The number of carbonyl (C=O) groups is 2. The molecule has 2 aromatic rings. The largest absolute Gasteiger partial charge is 0.465 e. The van der Waals surface area contributed by atoms with Crippen LogP contribution in [0.5, 0.6) is 0 Å². The second kappa shape index (κ2) is 13.7. The lowest BCUT2D eigenvalue weighted by molar-refractivity contribution is -0.116. The standard InChI is InChI=1S/C25H34BrN5O3S/c1-25(30-24(33)34)11-14-31(15-12-25)21-17-28-23(18-27-21)35-20-9-7-8-19(16-20)29-22(32)10-5-3-2-4-6-13-26/h7-9,16-18,30H,2-6,10-15H2,1H3,(H,29,32)(H,33,34). The zero-order valence-corrected chi connectivity index (χ0v) is 22.5. The van der Waals surface area contributed by atoms with Gasteiger partial charge in [0, 0.05) is 41.0 Å². The van der Waals surface area contributed by atoms with E-state index in [-0.39, 0.29) is 5.91 Å². The molecule has 0 unspecified atom stereocenters. The molecule has 2 heterocycles. The third-order valence-corrected chi connectivity index (χ3v) is 7.56. The van der Waals surface area contributed by atoms with Crippen LogP contribution in [0.1, 0.15) is 58.3 Å². The van der Waals surface area contributed by atoms with Gasteiger partial charge >= 0.3 is 6.09 Å². The molecule has 0 spiro atoms. The topological polar surface area (TPSA) is 107 Å². The molecule has 1 fully saturated rings. The second-order valence-corrected chi connectivity index (χ2v) is 11.0. The Morgan fingerprint density at radius 3 is 2.54 bits per heavy atom. The van der Waals surface area contributed by atoms with Gasteiger partial charge in [-0.05, 0) is 50.8 Å². The van der Waals surface area contributed by atoms with Crippen LogP contribution in [0.4, 0.5) is 16.3 Å². The molecule has 190 valence electrons. The van der Waals surface area contributed by atoms with Crippen molar-refractivity contribution in [3.05, 3.63) is 36.7 Å². The quantitative estimate of drug-likeness (QED) is 0.217. The number of hydrogen-bond acceptors (Lipinski definition) is 6. The first-order chi connectivity index (χ1) is 16.9. The average molecular weight is 565 g/mol. The molecule has 0 aliphatic carbocycles. The SMILES string of the molecule is CC1(NC(=O)O)CCN(c2cnc(Sc3cccc(NC(=O)CCCCCCCBr)c3)cn2)CC1. The number of unbranched alkanes of at least 4 members (excludes halogenated alkanes) is 4. The Morgan fingerprint density at radius 1 is 1.11 bits per heavy atom. The Bertz CT molecular complexity index is 968. The minimum atomic E-state index is -0.984. The van der Waals surface area contributed by atoms with Crippen molar-refractivity contribution in [1.29, 1.82) is 0 Å². The molecule has 3 N–H and O–H groups in total. The number of benzene rings is 1. The lowest BCUT2D eigenvalue weighted by Gasteiger charge is -2.39. The van der Waals surface area contributed by atoms with E-state index >= 15 is 0 Å². The highest BCUT2D eigenvalue weighted by atomic mass is 79.9. The number of amides is 2. The number of carbonyl (C=O) groups excluding carboxylic acids is 1. The zero-order valence-electron chi connectivity index (χ0n) is 20.1. The highest BCUT2D eigenvalue weighted by molar-refractivity contribution is 9.09. The van der Waals surface area contributed by atoms with Crippen molar-refractivity contribution in [3.8, 4) is 0 Å². The zero-order chi connectivity index (χ0) is 25.1. The van der Waals surface area contributed by atoms with E-state index in [2.05, 4.69) is 41.4 Å². The summed E-state index contributed by atoms with van der Waals surface area (Å²) in [6.07, 6.45) is 10.1. The highest BCUT2D eigenvalue weighted by Gasteiger charge is 2.32. The fourth-order valence-corrected chi connectivity index (χ4v) is 5.21. The fourth-order valence-electron chi connectivity index (χ4n) is 4.03. The third kappa shape index (κ3) is 9.33. The van der Waals surface area contributed by atoms with Crippen LogP contribution in [0, 0.1) is 0 Å². The Morgan fingerprint density at radius 2 is 1.86 bits per heavy atom. The van der Waals surface area contributed by atoms with E-state index in [1.165, 1.54) is 31.0 Å². The van der Waals surface area contributed by atoms with Gasteiger partial charge in [-0.1, -0.05) is 53.0 Å². The number of anilines is 2. The predicted octanol–water partition coefficient (Wildman–Crippen LogP) is 5.93. The van der Waals surface area contributed by atoms with Gasteiger partial charge in [0.05, 0.1) is 12.4 Å². The van der Waals surface area contributed by atoms with E-state index in [1.54, 1.807) is 12.4 Å². The van der Waals surface area contributed by atoms with Crippen molar-refractivity contribution in [1.82, 2.24) is 15.3 Å². The summed E-state index contributed by atoms with van der Waals surface area (Å²) in [7, 11) is 0. The maximum absolute atomic E-state index is 12.3. The molecule has 0 radical (unpaired) electrons. The molecular formula is C25H34BrN5O3S. The molecule has 10 heteroatoms. The molecule has 0 atom stereocenters. The molecule has 1 aromatic carbocycles. The summed E-state index contributed by atoms with van der Waals surface area (Å²) >= 11 is 4.94. The van der Waals surface area contributed by atoms with Gasteiger partial charge in [0.2, 0.25) is 5.91 Å². The Kier molecular flexibility index (Phi) is 10.7. The summed E-state index contributed by atoms with van der Waals surface area (Å²) in [4.78, 5) is 35.5. The second-order valence-electron chi connectivity index (χ2n) is 9.08.